The molecule has 0 radical (unpaired) electrons. The Bertz CT molecular complexity index is 702. The van der Waals surface area contributed by atoms with Gasteiger partial charge in [0.25, 0.3) is 5.91 Å². The van der Waals surface area contributed by atoms with Gasteiger partial charge in [0.1, 0.15) is 5.76 Å². The number of carbonyl (C=O) groups is 1. The molecule has 0 fully saturated rings. The highest BCUT2D eigenvalue weighted by Gasteiger charge is 2.18. The van der Waals surface area contributed by atoms with Crippen molar-refractivity contribution in [1.82, 2.24) is 4.90 Å². The average molecular weight is 332 g/mol. The fourth-order valence-corrected chi connectivity index (χ4v) is 3.09. The molecule has 1 aromatic carbocycles. The number of nitrogens with zero attached hydrogens (tertiary/aromatic N) is 1. The number of halogens is 1. The second-order valence-electron chi connectivity index (χ2n) is 4.83. The molecule has 0 N–H and O–H groups in total. The molecule has 0 bridgehead atoms. The fourth-order valence-electron chi connectivity index (χ4n) is 2.18. The van der Waals surface area contributed by atoms with Crippen LogP contribution in [-0.4, -0.2) is 10.8 Å². The highest BCUT2D eigenvalue weighted by Crippen LogP contribution is 2.19. The zero-order valence-corrected chi connectivity index (χ0v) is 13.3. The van der Waals surface area contributed by atoms with Crippen LogP contribution in [0.3, 0.4) is 0 Å². The maximum absolute atomic E-state index is 12.8. The number of hydrogen-bond acceptors (Lipinski definition) is 3. The molecule has 3 aromatic rings. The summed E-state index contributed by atoms with van der Waals surface area (Å²) < 4.78 is 5.38. The molecule has 0 saturated carbocycles. The molecular weight excluding hydrogens is 318 g/mol. The van der Waals surface area contributed by atoms with Crippen LogP contribution in [0.2, 0.25) is 5.02 Å². The molecule has 3 nitrogen and oxygen atoms in total. The molecule has 0 unspecified atom stereocenters. The summed E-state index contributed by atoms with van der Waals surface area (Å²) in [6, 6.07) is 14.7. The van der Waals surface area contributed by atoms with Crippen molar-refractivity contribution >= 4 is 28.8 Å². The van der Waals surface area contributed by atoms with Gasteiger partial charge in [0, 0.05) is 15.5 Å². The summed E-state index contributed by atoms with van der Waals surface area (Å²) >= 11 is 7.62. The van der Waals surface area contributed by atoms with E-state index in [2.05, 4.69) is 0 Å². The second kappa shape index (κ2) is 6.81. The van der Waals surface area contributed by atoms with Crippen molar-refractivity contribution < 1.29 is 9.21 Å². The van der Waals surface area contributed by atoms with E-state index in [4.69, 9.17) is 16.0 Å². The maximum atomic E-state index is 12.8. The molecule has 3 rings (SSSR count). The van der Waals surface area contributed by atoms with Gasteiger partial charge in [-0.2, -0.15) is 0 Å². The number of carbonyl (C=O) groups excluding carboxylic acids is 1. The van der Waals surface area contributed by atoms with Crippen molar-refractivity contribution in [3.8, 4) is 0 Å². The van der Waals surface area contributed by atoms with Crippen LogP contribution < -0.4 is 0 Å². The summed E-state index contributed by atoms with van der Waals surface area (Å²) in [7, 11) is 0. The topological polar surface area (TPSA) is 33.5 Å². The Hall–Kier alpha value is -2.04. The van der Waals surface area contributed by atoms with Crippen LogP contribution in [0.15, 0.2) is 64.6 Å². The monoisotopic (exact) mass is 331 g/mol. The molecule has 2 heterocycles. The fraction of sp³-hybridized carbons (Fsp3) is 0.118. The Morgan fingerprint density at radius 1 is 1.14 bits per heavy atom. The minimum atomic E-state index is -0.0627. The third-order valence-electron chi connectivity index (χ3n) is 3.21. The van der Waals surface area contributed by atoms with Gasteiger partial charge in [-0.15, -0.1) is 11.3 Å². The minimum absolute atomic E-state index is 0.0627. The van der Waals surface area contributed by atoms with Gasteiger partial charge in [-0.3, -0.25) is 4.79 Å². The van der Waals surface area contributed by atoms with E-state index in [0.29, 0.717) is 23.7 Å². The van der Waals surface area contributed by atoms with E-state index in [1.54, 1.807) is 46.8 Å². The molecule has 2 aromatic heterocycles. The molecule has 0 atom stereocenters. The van der Waals surface area contributed by atoms with Gasteiger partial charge in [-0.1, -0.05) is 23.7 Å². The first-order chi connectivity index (χ1) is 10.7. The minimum Gasteiger partial charge on any atom is -0.467 e. The first kappa shape index (κ1) is 14.9. The standard InChI is InChI=1S/C17H14ClNO2S/c18-14-5-1-4-13(10-14)17(20)19(11-15-6-2-8-21-15)12-16-7-3-9-22-16/h1-10H,11-12H2. The first-order valence-electron chi connectivity index (χ1n) is 6.82. The maximum Gasteiger partial charge on any atom is 0.254 e. The number of amides is 1. The molecule has 1 amide bonds. The van der Waals surface area contributed by atoms with Gasteiger partial charge in [0.15, 0.2) is 0 Å². The smallest absolute Gasteiger partial charge is 0.254 e. The Labute approximate surface area is 137 Å². The molecule has 0 aliphatic heterocycles. The molecule has 0 saturated heterocycles. The number of rotatable bonds is 5. The predicted molar refractivity (Wildman–Crippen MR) is 88.1 cm³/mol. The van der Waals surface area contributed by atoms with Crippen LogP contribution in [0.5, 0.6) is 0 Å². The van der Waals surface area contributed by atoms with Crippen LogP contribution in [0.4, 0.5) is 0 Å². The number of benzene rings is 1. The van der Waals surface area contributed by atoms with E-state index in [1.165, 1.54) is 0 Å². The molecule has 0 aliphatic rings. The average Bonchev–Trinajstić information content (AvgIpc) is 3.19. The van der Waals surface area contributed by atoms with Crippen molar-refractivity contribution in [1.29, 1.82) is 0 Å². The van der Waals surface area contributed by atoms with Gasteiger partial charge >= 0.3 is 0 Å². The normalized spacial score (nSPS) is 10.6. The molecule has 112 valence electrons. The summed E-state index contributed by atoms with van der Waals surface area (Å²) in [4.78, 5) is 15.7. The number of thiophene rings is 1. The van der Waals surface area contributed by atoms with Crippen molar-refractivity contribution in [3.63, 3.8) is 0 Å². The lowest BCUT2D eigenvalue weighted by atomic mass is 10.2. The van der Waals surface area contributed by atoms with Crippen LogP contribution in [0.1, 0.15) is 21.0 Å². The van der Waals surface area contributed by atoms with Crippen molar-refractivity contribution in [2.75, 3.05) is 0 Å². The zero-order valence-electron chi connectivity index (χ0n) is 11.7. The van der Waals surface area contributed by atoms with Crippen LogP contribution in [0, 0.1) is 0 Å². The lowest BCUT2D eigenvalue weighted by Gasteiger charge is -2.21. The summed E-state index contributed by atoms with van der Waals surface area (Å²) in [6.45, 7) is 0.972. The summed E-state index contributed by atoms with van der Waals surface area (Å²) in [5.74, 6) is 0.694. The second-order valence-corrected chi connectivity index (χ2v) is 6.30. The Kier molecular flexibility index (Phi) is 4.61. The lowest BCUT2D eigenvalue weighted by Crippen LogP contribution is -2.29. The van der Waals surface area contributed by atoms with Gasteiger partial charge in [-0.25, -0.2) is 0 Å². The summed E-state index contributed by atoms with van der Waals surface area (Å²) in [6.07, 6.45) is 1.61. The predicted octanol–water partition coefficient (Wildman–Crippen LogP) is 4.84. The Balaban J connectivity index is 1.85. The van der Waals surface area contributed by atoms with Crippen LogP contribution in [-0.2, 0) is 13.1 Å². The first-order valence-corrected chi connectivity index (χ1v) is 8.08. The summed E-state index contributed by atoms with van der Waals surface area (Å²) in [5.41, 5.74) is 0.579. The van der Waals surface area contributed by atoms with Crippen molar-refractivity contribution in [2.45, 2.75) is 13.1 Å². The highest BCUT2D eigenvalue weighted by atomic mass is 35.5. The Morgan fingerprint density at radius 2 is 2.05 bits per heavy atom. The van der Waals surface area contributed by atoms with E-state index in [9.17, 15) is 4.79 Å². The van der Waals surface area contributed by atoms with E-state index in [-0.39, 0.29) is 5.91 Å². The molecular formula is C17H14ClNO2S. The third-order valence-corrected chi connectivity index (χ3v) is 4.31. The van der Waals surface area contributed by atoms with Gasteiger partial charge in [-0.05, 0) is 41.8 Å². The lowest BCUT2D eigenvalue weighted by molar-refractivity contribution is 0.0719. The third kappa shape index (κ3) is 3.59. The van der Waals surface area contributed by atoms with Gasteiger partial charge < -0.3 is 9.32 Å². The Morgan fingerprint density at radius 3 is 2.73 bits per heavy atom. The zero-order chi connectivity index (χ0) is 15.4. The summed E-state index contributed by atoms with van der Waals surface area (Å²) in [5, 5.41) is 2.56. The van der Waals surface area contributed by atoms with E-state index >= 15 is 0 Å². The van der Waals surface area contributed by atoms with E-state index in [1.807, 2.05) is 29.6 Å². The molecule has 0 spiro atoms. The highest BCUT2D eigenvalue weighted by molar-refractivity contribution is 7.09. The molecule has 0 aliphatic carbocycles. The molecule has 22 heavy (non-hydrogen) atoms. The van der Waals surface area contributed by atoms with E-state index < -0.39 is 0 Å². The quantitative estimate of drug-likeness (QED) is 0.670. The van der Waals surface area contributed by atoms with Crippen molar-refractivity contribution in [3.05, 3.63) is 81.4 Å². The van der Waals surface area contributed by atoms with Crippen molar-refractivity contribution in [2.24, 2.45) is 0 Å². The molecule has 5 heteroatoms. The number of furan rings is 1. The van der Waals surface area contributed by atoms with Crippen LogP contribution >= 0.6 is 22.9 Å². The van der Waals surface area contributed by atoms with Gasteiger partial charge in [0.2, 0.25) is 0 Å². The van der Waals surface area contributed by atoms with Crippen LogP contribution in [0.25, 0.3) is 0 Å². The van der Waals surface area contributed by atoms with E-state index in [0.717, 1.165) is 10.6 Å². The number of hydrogen-bond donors (Lipinski definition) is 0. The SMILES string of the molecule is O=C(c1cccc(Cl)c1)N(Cc1ccco1)Cc1cccs1. The largest absolute Gasteiger partial charge is 0.467 e. The van der Waals surface area contributed by atoms with Gasteiger partial charge in [0.05, 0.1) is 19.4 Å².